The predicted octanol–water partition coefficient (Wildman–Crippen LogP) is 4.89. The van der Waals surface area contributed by atoms with Crippen LogP contribution in [0.15, 0.2) is 47.7 Å². The van der Waals surface area contributed by atoms with Crippen LogP contribution in [-0.4, -0.2) is 33.0 Å². The van der Waals surface area contributed by atoms with E-state index in [1.54, 1.807) is 37.3 Å². The minimum atomic E-state index is -0.427. The first-order valence-corrected chi connectivity index (χ1v) is 10.5. The molecule has 0 bridgehead atoms. The first-order chi connectivity index (χ1) is 15.0. The molecule has 7 heteroatoms. The number of hydrogen-bond acceptors (Lipinski definition) is 5. The van der Waals surface area contributed by atoms with Crippen LogP contribution in [-0.2, 0) is 9.59 Å². The SMILES string of the molecule is COc1ccc([C@@H]2CC(=O)N(c3ccccc3Cl)C3=C2C(=O)CCC3)c(OC)c1OC. The van der Waals surface area contributed by atoms with Crippen LogP contribution in [0, 0.1) is 0 Å². The highest BCUT2D eigenvalue weighted by molar-refractivity contribution is 6.34. The van der Waals surface area contributed by atoms with Gasteiger partial charge in [-0.1, -0.05) is 29.8 Å². The van der Waals surface area contributed by atoms with Crippen molar-refractivity contribution in [1.29, 1.82) is 0 Å². The third kappa shape index (κ3) is 3.55. The number of rotatable bonds is 5. The number of ether oxygens (including phenoxy) is 3. The van der Waals surface area contributed by atoms with Gasteiger partial charge in [0.05, 0.1) is 32.0 Å². The van der Waals surface area contributed by atoms with Crippen molar-refractivity contribution in [1.82, 2.24) is 0 Å². The smallest absolute Gasteiger partial charge is 0.232 e. The number of allylic oxidation sites excluding steroid dienone is 2. The van der Waals surface area contributed by atoms with Crippen molar-refractivity contribution in [3.05, 3.63) is 58.3 Å². The zero-order chi connectivity index (χ0) is 22.1. The molecule has 0 radical (unpaired) electrons. The fourth-order valence-corrected chi connectivity index (χ4v) is 4.79. The molecule has 2 aromatic carbocycles. The Morgan fingerprint density at radius 1 is 0.935 bits per heavy atom. The summed E-state index contributed by atoms with van der Waals surface area (Å²) >= 11 is 6.41. The molecular weight excluding hydrogens is 418 g/mol. The van der Waals surface area contributed by atoms with Gasteiger partial charge in [0.1, 0.15) is 0 Å². The van der Waals surface area contributed by atoms with Gasteiger partial charge in [0.25, 0.3) is 0 Å². The molecule has 1 heterocycles. The largest absolute Gasteiger partial charge is 0.493 e. The summed E-state index contributed by atoms with van der Waals surface area (Å²) in [7, 11) is 4.62. The van der Waals surface area contributed by atoms with E-state index in [0.29, 0.717) is 52.8 Å². The Bertz CT molecular complexity index is 1080. The predicted molar refractivity (Wildman–Crippen MR) is 118 cm³/mol. The van der Waals surface area contributed by atoms with Crippen molar-refractivity contribution in [2.75, 3.05) is 26.2 Å². The number of halogens is 1. The summed E-state index contributed by atoms with van der Waals surface area (Å²) < 4.78 is 16.6. The molecule has 0 spiro atoms. The summed E-state index contributed by atoms with van der Waals surface area (Å²) in [5.74, 6) is 0.942. The zero-order valence-electron chi connectivity index (χ0n) is 17.7. The number of hydrogen-bond donors (Lipinski definition) is 0. The van der Waals surface area contributed by atoms with E-state index in [4.69, 9.17) is 25.8 Å². The van der Waals surface area contributed by atoms with Crippen LogP contribution in [0.5, 0.6) is 17.2 Å². The highest BCUT2D eigenvalue weighted by atomic mass is 35.5. The van der Waals surface area contributed by atoms with Gasteiger partial charge in [-0.05, 0) is 31.0 Å². The Labute approximate surface area is 186 Å². The van der Waals surface area contributed by atoms with Crippen LogP contribution in [0.25, 0.3) is 0 Å². The molecule has 2 aliphatic rings. The minimum Gasteiger partial charge on any atom is -0.493 e. The number of carbonyl (C=O) groups excluding carboxylic acids is 2. The Kier molecular flexibility index (Phi) is 5.92. The van der Waals surface area contributed by atoms with Crippen LogP contribution in [0.4, 0.5) is 5.69 Å². The van der Waals surface area contributed by atoms with Crippen LogP contribution >= 0.6 is 11.6 Å². The minimum absolute atomic E-state index is 0.0487. The highest BCUT2D eigenvalue weighted by Gasteiger charge is 2.41. The van der Waals surface area contributed by atoms with E-state index in [1.807, 2.05) is 18.2 Å². The maximum absolute atomic E-state index is 13.4. The van der Waals surface area contributed by atoms with Gasteiger partial charge in [0.15, 0.2) is 17.3 Å². The summed E-state index contributed by atoms with van der Waals surface area (Å²) in [4.78, 5) is 28.2. The molecule has 0 fully saturated rings. The number of anilines is 1. The van der Waals surface area contributed by atoms with Crippen LogP contribution in [0.2, 0.25) is 5.02 Å². The van der Waals surface area contributed by atoms with Gasteiger partial charge in [-0.2, -0.15) is 0 Å². The standard InChI is InChI=1S/C24H24ClNO5/c1-29-20-12-11-14(23(30-2)24(20)31-3)15-13-21(28)26(17-8-5-4-7-16(17)25)18-9-6-10-19(27)22(15)18/h4-5,7-8,11-12,15H,6,9-10,13H2,1-3H3/t15-/m0/s1. The number of nitrogens with zero attached hydrogens (tertiary/aromatic N) is 1. The zero-order valence-corrected chi connectivity index (χ0v) is 18.5. The van der Waals surface area contributed by atoms with Crippen molar-refractivity contribution >= 4 is 29.0 Å². The van der Waals surface area contributed by atoms with E-state index in [9.17, 15) is 9.59 Å². The summed E-state index contributed by atoms with van der Waals surface area (Å²) in [5, 5.41) is 0.475. The molecule has 162 valence electrons. The number of para-hydroxylation sites is 1. The maximum Gasteiger partial charge on any atom is 0.232 e. The second-order valence-electron chi connectivity index (χ2n) is 7.50. The first kappa shape index (κ1) is 21.2. The van der Waals surface area contributed by atoms with Gasteiger partial charge in [0, 0.05) is 35.6 Å². The average molecular weight is 442 g/mol. The van der Waals surface area contributed by atoms with Crippen molar-refractivity contribution in [3.63, 3.8) is 0 Å². The van der Waals surface area contributed by atoms with Crippen molar-refractivity contribution in [3.8, 4) is 17.2 Å². The number of amides is 1. The number of ketones is 1. The molecule has 6 nitrogen and oxygen atoms in total. The first-order valence-electron chi connectivity index (χ1n) is 10.1. The second kappa shape index (κ2) is 8.63. The molecule has 31 heavy (non-hydrogen) atoms. The molecule has 0 aromatic heterocycles. The molecule has 1 amide bonds. The molecule has 1 aliphatic carbocycles. The van der Waals surface area contributed by atoms with Gasteiger partial charge in [-0.25, -0.2) is 0 Å². The Hall–Kier alpha value is -2.99. The van der Waals surface area contributed by atoms with E-state index < -0.39 is 5.92 Å². The lowest BCUT2D eigenvalue weighted by atomic mass is 9.76. The Morgan fingerprint density at radius 2 is 1.68 bits per heavy atom. The number of carbonyl (C=O) groups is 2. The molecule has 2 aromatic rings. The monoisotopic (exact) mass is 441 g/mol. The van der Waals surface area contributed by atoms with Crippen LogP contribution in [0.3, 0.4) is 0 Å². The molecule has 1 atom stereocenters. The third-order valence-electron chi connectivity index (χ3n) is 5.88. The Balaban J connectivity index is 1.92. The molecule has 1 aliphatic heterocycles. The normalized spacial score (nSPS) is 18.7. The summed E-state index contributed by atoms with van der Waals surface area (Å²) in [6.45, 7) is 0. The highest BCUT2D eigenvalue weighted by Crippen LogP contribution is 2.50. The third-order valence-corrected chi connectivity index (χ3v) is 6.20. The molecule has 0 saturated carbocycles. The Morgan fingerprint density at radius 3 is 2.35 bits per heavy atom. The topological polar surface area (TPSA) is 65.1 Å². The maximum atomic E-state index is 13.4. The van der Waals surface area contributed by atoms with Gasteiger partial charge in [-0.3, -0.25) is 14.5 Å². The van der Waals surface area contributed by atoms with Crippen LogP contribution < -0.4 is 19.1 Å². The van der Waals surface area contributed by atoms with Gasteiger partial charge >= 0.3 is 0 Å². The van der Waals surface area contributed by atoms with E-state index in [-0.39, 0.29) is 18.1 Å². The lowest BCUT2D eigenvalue weighted by Crippen LogP contribution is -2.40. The van der Waals surface area contributed by atoms with E-state index in [2.05, 4.69) is 0 Å². The van der Waals surface area contributed by atoms with Gasteiger partial charge in [-0.15, -0.1) is 0 Å². The molecular formula is C24H24ClNO5. The number of benzene rings is 2. The van der Waals surface area contributed by atoms with E-state index in [0.717, 1.165) is 11.3 Å². The van der Waals surface area contributed by atoms with Gasteiger partial charge in [0.2, 0.25) is 11.7 Å². The summed E-state index contributed by atoms with van der Waals surface area (Å²) in [5.41, 5.74) is 2.71. The molecule has 4 rings (SSSR count). The average Bonchev–Trinajstić information content (AvgIpc) is 2.78. The van der Waals surface area contributed by atoms with E-state index >= 15 is 0 Å². The molecule has 0 unspecified atom stereocenters. The molecule has 0 saturated heterocycles. The quantitative estimate of drug-likeness (QED) is 0.660. The summed E-state index contributed by atoms with van der Waals surface area (Å²) in [6, 6.07) is 10.8. The van der Waals surface area contributed by atoms with E-state index in [1.165, 1.54) is 7.11 Å². The summed E-state index contributed by atoms with van der Waals surface area (Å²) in [6.07, 6.45) is 1.91. The lowest BCUT2D eigenvalue weighted by molar-refractivity contribution is -0.119. The van der Waals surface area contributed by atoms with Crippen molar-refractivity contribution < 1.29 is 23.8 Å². The lowest BCUT2D eigenvalue weighted by Gasteiger charge is -2.39. The fraction of sp³-hybridized carbons (Fsp3) is 0.333. The fourth-order valence-electron chi connectivity index (χ4n) is 4.57. The number of methoxy groups -OCH3 is 3. The van der Waals surface area contributed by atoms with Crippen molar-refractivity contribution in [2.24, 2.45) is 0 Å². The van der Waals surface area contributed by atoms with Crippen molar-refractivity contribution in [2.45, 2.75) is 31.6 Å². The van der Waals surface area contributed by atoms with Gasteiger partial charge < -0.3 is 14.2 Å². The second-order valence-corrected chi connectivity index (χ2v) is 7.91. The van der Waals surface area contributed by atoms with Crippen LogP contribution in [0.1, 0.15) is 37.2 Å². The molecule has 0 N–H and O–H groups in total. The number of Topliss-reactive ketones (excluding diaryl/α,β-unsaturated/α-hetero) is 1.